The Morgan fingerprint density at radius 3 is 2.96 bits per heavy atom. The minimum Gasteiger partial charge on any atom is -0.375 e. The van der Waals surface area contributed by atoms with Gasteiger partial charge in [-0.05, 0) is 37.5 Å². The number of morpholine rings is 1. The highest BCUT2D eigenvalue weighted by Crippen LogP contribution is 2.13. The largest absolute Gasteiger partial charge is 0.375 e. The van der Waals surface area contributed by atoms with Crippen LogP contribution in [0.15, 0.2) is 48.8 Å². The molecule has 1 aliphatic rings. The first-order valence-electron chi connectivity index (χ1n) is 8.62. The van der Waals surface area contributed by atoms with Crippen molar-refractivity contribution in [2.24, 2.45) is 0 Å². The molecule has 1 atom stereocenters. The lowest BCUT2D eigenvalue weighted by Gasteiger charge is -2.32. The normalized spacial score (nSPS) is 17.8. The van der Waals surface area contributed by atoms with Gasteiger partial charge >= 0.3 is 0 Å². The third kappa shape index (κ3) is 5.22. The first-order chi connectivity index (χ1) is 12.2. The maximum Gasteiger partial charge on any atom is 0.246 e. The highest BCUT2D eigenvalue weighted by atomic mass is 16.5. The number of rotatable bonds is 5. The molecule has 0 saturated carbocycles. The minimum atomic E-state index is 0.0371. The second-order valence-electron chi connectivity index (χ2n) is 6.21. The number of hydrogen-bond acceptors (Lipinski definition) is 4. The molecule has 0 unspecified atom stereocenters. The van der Waals surface area contributed by atoms with Gasteiger partial charge in [0.05, 0.1) is 12.7 Å². The Labute approximate surface area is 148 Å². The molecule has 0 N–H and O–H groups in total. The van der Waals surface area contributed by atoms with Crippen molar-refractivity contribution in [1.82, 2.24) is 14.9 Å². The van der Waals surface area contributed by atoms with Crippen molar-refractivity contribution in [3.8, 4) is 0 Å². The number of carbonyl (C=O) groups excluding carboxylic acids is 1. The van der Waals surface area contributed by atoms with Crippen LogP contribution in [0.25, 0.3) is 6.08 Å². The summed E-state index contributed by atoms with van der Waals surface area (Å²) in [5.74, 6) is 0.0371. The summed E-state index contributed by atoms with van der Waals surface area (Å²) in [5, 5.41) is 0. The Balaban J connectivity index is 1.52. The number of aryl methyl sites for hydroxylation is 2. The maximum atomic E-state index is 12.4. The molecule has 130 valence electrons. The molecule has 0 spiro atoms. The standard InChI is InChI=1S/C20H23N3O2/c1-16-13-18(22-15-21-16)8-9-19-14-23(11-12-25-19)20(24)10-7-17-5-3-2-4-6-17/h2-7,10,13,15,19H,8-9,11-12,14H2,1H3/b10-7+/t19-/m0/s1. The second kappa shape index (κ2) is 8.53. The van der Waals surface area contributed by atoms with Crippen LogP contribution < -0.4 is 0 Å². The molecule has 1 aromatic heterocycles. The lowest BCUT2D eigenvalue weighted by molar-refractivity contribution is -0.133. The van der Waals surface area contributed by atoms with E-state index >= 15 is 0 Å². The fraction of sp³-hybridized carbons (Fsp3) is 0.350. The van der Waals surface area contributed by atoms with E-state index in [4.69, 9.17) is 4.74 Å². The van der Waals surface area contributed by atoms with E-state index in [2.05, 4.69) is 9.97 Å². The molecular weight excluding hydrogens is 314 g/mol. The van der Waals surface area contributed by atoms with Crippen molar-refractivity contribution in [2.75, 3.05) is 19.7 Å². The molecule has 0 aliphatic carbocycles. The predicted molar refractivity (Wildman–Crippen MR) is 96.9 cm³/mol. The van der Waals surface area contributed by atoms with Crippen LogP contribution in [-0.2, 0) is 16.0 Å². The number of aromatic nitrogens is 2. The molecule has 1 saturated heterocycles. The maximum absolute atomic E-state index is 12.4. The van der Waals surface area contributed by atoms with Gasteiger partial charge in [-0.15, -0.1) is 0 Å². The fourth-order valence-corrected chi connectivity index (χ4v) is 2.89. The van der Waals surface area contributed by atoms with Gasteiger partial charge in [-0.3, -0.25) is 4.79 Å². The van der Waals surface area contributed by atoms with Crippen LogP contribution in [0.2, 0.25) is 0 Å². The predicted octanol–water partition coefficient (Wildman–Crippen LogP) is 2.66. The third-order valence-corrected chi connectivity index (χ3v) is 4.25. The van der Waals surface area contributed by atoms with E-state index < -0.39 is 0 Å². The van der Waals surface area contributed by atoms with Crippen LogP contribution in [0.3, 0.4) is 0 Å². The summed E-state index contributed by atoms with van der Waals surface area (Å²) in [6.07, 6.45) is 6.83. The molecule has 5 heteroatoms. The van der Waals surface area contributed by atoms with Crippen molar-refractivity contribution in [2.45, 2.75) is 25.9 Å². The Bertz CT molecular complexity index is 731. The molecule has 2 heterocycles. The SMILES string of the molecule is Cc1cc(CC[C@H]2CN(C(=O)/C=C/c3ccccc3)CCO2)ncn1. The summed E-state index contributed by atoms with van der Waals surface area (Å²) < 4.78 is 5.81. The molecule has 0 radical (unpaired) electrons. The lowest BCUT2D eigenvalue weighted by Crippen LogP contribution is -2.45. The molecule has 25 heavy (non-hydrogen) atoms. The summed E-state index contributed by atoms with van der Waals surface area (Å²) in [7, 11) is 0. The van der Waals surface area contributed by atoms with Gasteiger partial charge in [-0.1, -0.05) is 30.3 Å². The second-order valence-corrected chi connectivity index (χ2v) is 6.21. The van der Waals surface area contributed by atoms with Gasteiger partial charge in [-0.2, -0.15) is 0 Å². The Morgan fingerprint density at radius 1 is 1.32 bits per heavy atom. The molecule has 1 fully saturated rings. The zero-order valence-electron chi connectivity index (χ0n) is 14.5. The topological polar surface area (TPSA) is 55.3 Å². The minimum absolute atomic E-state index is 0.0371. The summed E-state index contributed by atoms with van der Waals surface area (Å²) in [5.41, 5.74) is 3.01. The first kappa shape index (κ1) is 17.3. The fourth-order valence-electron chi connectivity index (χ4n) is 2.89. The van der Waals surface area contributed by atoms with Crippen molar-refractivity contribution in [3.63, 3.8) is 0 Å². The van der Waals surface area contributed by atoms with Crippen LogP contribution >= 0.6 is 0 Å². The van der Waals surface area contributed by atoms with Crippen molar-refractivity contribution >= 4 is 12.0 Å². The Morgan fingerprint density at radius 2 is 2.16 bits per heavy atom. The van der Waals surface area contributed by atoms with E-state index in [1.807, 2.05) is 54.3 Å². The van der Waals surface area contributed by atoms with Gasteiger partial charge in [0.1, 0.15) is 6.33 Å². The average Bonchev–Trinajstić information content (AvgIpc) is 2.65. The molecule has 1 aliphatic heterocycles. The molecule has 3 rings (SSSR count). The summed E-state index contributed by atoms with van der Waals surface area (Å²) in [4.78, 5) is 22.7. The summed E-state index contributed by atoms with van der Waals surface area (Å²) in [6.45, 7) is 3.81. The lowest BCUT2D eigenvalue weighted by atomic mass is 10.1. The van der Waals surface area contributed by atoms with Gasteiger partial charge in [0.2, 0.25) is 5.91 Å². The smallest absolute Gasteiger partial charge is 0.246 e. The van der Waals surface area contributed by atoms with E-state index in [1.165, 1.54) is 0 Å². The number of amides is 1. The molecular formula is C20H23N3O2. The molecule has 5 nitrogen and oxygen atoms in total. The third-order valence-electron chi connectivity index (χ3n) is 4.25. The zero-order chi connectivity index (χ0) is 17.5. The monoisotopic (exact) mass is 337 g/mol. The van der Waals surface area contributed by atoms with Crippen LogP contribution in [0, 0.1) is 6.92 Å². The van der Waals surface area contributed by atoms with Gasteiger partial charge in [-0.25, -0.2) is 9.97 Å². The number of hydrogen-bond donors (Lipinski definition) is 0. The Hall–Kier alpha value is -2.53. The number of benzene rings is 1. The number of ether oxygens (including phenoxy) is 1. The van der Waals surface area contributed by atoms with E-state index in [-0.39, 0.29) is 12.0 Å². The molecule has 2 aromatic rings. The Kier molecular flexibility index (Phi) is 5.90. The van der Waals surface area contributed by atoms with Crippen molar-refractivity contribution in [1.29, 1.82) is 0 Å². The average molecular weight is 337 g/mol. The molecule has 0 bridgehead atoms. The molecule has 1 amide bonds. The first-order valence-corrected chi connectivity index (χ1v) is 8.62. The highest BCUT2D eigenvalue weighted by molar-refractivity contribution is 5.91. The van der Waals surface area contributed by atoms with Gasteiger partial charge in [0.25, 0.3) is 0 Å². The van der Waals surface area contributed by atoms with Crippen LogP contribution in [0.1, 0.15) is 23.4 Å². The van der Waals surface area contributed by atoms with Gasteiger partial charge < -0.3 is 9.64 Å². The van der Waals surface area contributed by atoms with Crippen molar-refractivity contribution < 1.29 is 9.53 Å². The van der Waals surface area contributed by atoms with Crippen LogP contribution in [0.5, 0.6) is 0 Å². The van der Waals surface area contributed by atoms with E-state index in [1.54, 1.807) is 12.4 Å². The number of nitrogens with zero attached hydrogens (tertiary/aromatic N) is 3. The van der Waals surface area contributed by atoms with E-state index in [0.717, 1.165) is 29.8 Å². The van der Waals surface area contributed by atoms with Gasteiger partial charge in [0.15, 0.2) is 0 Å². The van der Waals surface area contributed by atoms with Gasteiger partial charge in [0, 0.05) is 30.6 Å². The van der Waals surface area contributed by atoms with E-state index in [0.29, 0.717) is 19.7 Å². The van der Waals surface area contributed by atoms with Crippen molar-refractivity contribution in [3.05, 3.63) is 65.8 Å². The summed E-state index contributed by atoms with van der Waals surface area (Å²) in [6, 6.07) is 11.8. The quantitative estimate of drug-likeness (QED) is 0.787. The van der Waals surface area contributed by atoms with Crippen LogP contribution in [-0.4, -0.2) is 46.6 Å². The van der Waals surface area contributed by atoms with Crippen LogP contribution in [0.4, 0.5) is 0 Å². The number of carbonyl (C=O) groups is 1. The van der Waals surface area contributed by atoms with E-state index in [9.17, 15) is 4.79 Å². The summed E-state index contributed by atoms with van der Waals surface area (Å²) >= 11 is 0. The highest BCUT2D eigenvalue weighted by Gasteiger charge is 2.22. The zero-order valence-corrected chi connectivity index (χ0v) is 14.5. The molecule has 1 aromatic carbocycles.